The summed E-state index contributed by atoms with van der Waals surface area (Å²) in [5, 5.41) is 17.9. The molecule has 2 aliphatic heterocycles. The Morgan fingerprint density at radius 3 is 2.21 bits per heavy atom. The van der Waals surface area contributed by atoms with E-state index in [-0.39, 0.29) is 11.9 Å². The van der Waals surface area contributed by atoms with Crippen molar-refractivity contribution in [2.24, 2.45) is 11.8 Å². The van der Waals surface area contributed by atoms with Crippen molar-refractivity contribution >= 4 is 11.4 Å². The van der Waals surface area contributed by atoms with Crippen LogP contribution in [0.5, 0.6) is 5.75 Å². The van der Waals surface area contributed by atoms with E-state index in [9.17, 15) is 9.50 Å². The first-order valence-electron chi connectivity index (χ1n) is 12.1. The van der Waals surface area contributed by atoms with Gasteiger partial charge in [-0.25, -0.2) is 4.39 Å². The minimum atomic E-state index is -0.541. The average molecular weight is 462 g/mol. The zero-order valence-electron chi connectivity index (χ0n) is 20.6. The SMILES string of the molecule is CC.CC(C)CN(c1ccc(F)cc1)c1ccc2c(c1)C(O)CC(C1CCOCC1)O2.CO. The molecule has 2 N–H and O–H groups in total. The number of nitrogens with zero attached hydrogens (tertiary/aromatic N) is 1. The van der Waals surface area contributed by atoms with E-state index in [0.717, 1.165) is 62.4 Å². The van der Waals surface area contributed by atoms with Crippen LogP contribution < -0.4 is 9.64 Å². The van der Waals surface area contributed by atoms with Crippen molar-refractivity contribution in [2.45, 2.75) is 59.2 Å². The number of halogens is 1. The van der Waals surface area contributed by atoms with E-state index in [4.69, 9.17) is 14.6 Å². The van der Waals surface area contributed by atoms with E-state index in [2.05, 4.69) is 18.7 Å². The van der Waals surface area contributed by atoms with Gasteiger partial charge in [-0.3, -0.25) is 0 Å². The maximum absolute atomic E-state index is 13.4. The van der Waals surface area contributed by atoms with Crippen molar-refractivity contribution in [3.05, 3.63) is 53.8 Å². The minimum Gasteiger partial charge on any atom is -0.490 e. The molecule has 4 rings (SSSR count). The molecule has 2 aromatic carbocycles. The summed E-state index contributed by atoms with van der Waals surface area (Å²) in [5.74, 6) is 1.39. The highest BCUT2D eigenvalue weighted by atomic mass is 19.1. The van der Waals surface area contributed by atoms with E-state index in [1.165, 1.54) is 12.1 Å². The molecule has 2 heterocycles. The first-order valence-corrected chi connectivity index (χ1v) is 12.1. The van der Waals surface area contributed by atoms with Gasteiger partial charge in [0.15, 0.2) is 0 Å². The van der Waals surface area contributed by atoms with Crippen LogP contribution in [0.15, 0.2) is 42.5 Å². The summed E-state index contributed by atoms with van der Waals surface area (Å²) in [5.41, 5.74) is 2.75. The molecule has 0 amide bonds. The number of anilines is 2. The fraction of sp³-hybridized carbons (Fsp3) is 0.556. The minimum absolute atomic E-state index is 0.0381. The molecule has 0 bridgehead atoms. The maximum atomic E-state index is 13.4. The quantitative estimate of drug-likeness (QED) is 0.583. The van der Waals surface area contributed by atoms with Gasteiger partial charge in [0, 0.05) is 56.1 Å². The second-order valence-electron chi connectivity index (χ2n) is 8.56. The molecule has 2 aliphatic rings. The molecule has 2 atom stereocenters. The van der Waals surface area contributed by atoms with Gasteiger partial charge < -0.3 is 24.6 Å². The van der Waals surface area contributed by atoms with Crippen molar-refractivity contribution in [3.63, 3.8) is 0 Å². The highest BCUT2D eigenvalue weighted by Gasteiger charge is 2.34. The Morgan fingerprint density at radius 2 is 1.61 bits per heavy atom. The lowest BCUT2D eigenvalue weighted by Crippen LogP contribution is -2.36. The maximum Gasteiger partial charge on any atom is 0.125 e. The lowest BCUT2D eigenvalue weighted by Gasteiger charge is -2.37. The number of rotatable bonds is 5. The number of ether oxygens (including phenoxy) is 2. The van der Waals surface area contributed by atoms with E-state index in [0.29, 0.717) is 18.3 Å². The van der Waals surface area contributed by atoms with Gasteiger partial charge in [-0.15, -0.1) is 0 Å². The molecule has 0 radical (unpaired) electrons. The van der Waals surface area contributed by atoms with Crippen LogP contribution in [0, 0.1) is 17.7 Å². The summed E-state index contributed by atoms with van der Waals surface area (Å²) in [6, 6.07) is 12.6. The Morgan fingerprint density at radius 1 is 1.00 bits per heavy atom. The summed E-state index contributed by atoms with van der Waals surface area (Å²) in [4.78, 5) is 2.17. The topological polar surface area (TPSA) is 62.2 Å². The predicted octanol–water partition coefficient (Wildman–Crippen LogP) is 5.87. The van der Waals surface area contributed by atoms with Crippen LogP contribution in [0.1, 0.15) is 58.6 Å². The molecule has 2 unspecified atom stereocenters. The number of hydrogen-bond donors (Lipinski definition) is 2. The lowest BCUT2D eigenvalue weighted by atomic mass is 9.86. The Hall–Kier alpha value is -2.15. The van der Waals surface area contributed by atoms with Crippen molar-refractivity contribution < 1.29 is 24.1 Å². The molecule has 0 aromatic heterocycles. The average Bonchev–Trinajstić information content (AvgIpc) is 2.86. The van der Waals surface area contributed by atoms with E-state index in [1.54, 1.807) is 12.1 Å². The number of benzene rings is 2. The fourth-order valence-corrected chi connectivity index (χ4v) is 4.35. The van der Waals surface area contributed by atoms with Crippen molar-refractivity contribution in [2.75, 3.05) is 31.8 Å². The highest BCUT2D eigenvalue weighted by molar-refractivity contribution is 5.65. The standard InChI is InChI=1S/C24H30FNO3.C2H6.CH4O/c1-16(2)15-26(19-5-3-18(25)4-6-19)20-7-8-23-21(13-20)22(27)14-24(29-23)17-9-11-28-12-10-17;2*1-2/h3-8,13,16-17,22,24,27H,9-12,14-15H2,1-2H3;1-2H3;2H,1H3. The van der Waals surface area contributed by atoms with Crippen molar-refractivity contribution in [3.8, 4) is 5.75 Å². The third kappa shape index (κ3) is 7.16. The van der Waals surface area contributed by atoms with Crippen LogP contribution in [0.4, 0.5) is 15.8 Å². The highest BCUT2D eigenvalue weighted by Crippen LogP contribution is 2.41. The first kappa shape index (κ1) is 27.1. The molecule has 1 fully saturated rings. The number of hydrogen-bond acceptors (Lipinski definition) is 5. The van der Waals surface area contributed by atoms with Gasteiger partial charge in [0.1, 0.15) is 17.7 Å². The molecule has 0 spiro atoms. The molecule has 0 aliphatic carbocycles. The monoisotopic (exact) mass is 461 g/mol. The summed E-state index contributed by atoms with van der Waals surface area (Å²) in [7, 11) is 1.00. The summed E-state index contributed by atoms with van der Waals surface area (Å²) in [6.45, 7) is 10.7. The van der Waals surface area contributed by atoms with Gasteiger partial charge in [-0.2, -0.15) is 0 Å². The van der Waals surface area contributed by atoms with Crippen LogP contribution in [-0.4, -0.2) is 43.2 Å². The van der Waals surface area contributed by atoms with Crippen LogP contribution >= 0.6 is 0 Å². The van der Waals surface area contributed by atoms with Crippen LogP contribution in [-0.2, 0) is 4.74 Å². The van der Waals surface area contributed by atoms with E-state index in [1.807, 2.05) is 32.0 Å². The van der Waals surface area contributed by atoms with Gasteiger partial charge in [-0.05, 0) is 61.2 Å². The summed E-state index contributed by atoms with van der Waals surface area (Å²) in [6.07, 6.45) is 2.08. The third-order valence-corrected chi connectivity index (χ3v) is 5.88. The molecule has 184 valence electrons. The Labute approximate surface area is 198 Å². The van der Waals surface area contributed by atoms with E-state index >= 15 is 0 Å². The lowest BCUT2D eigenvalue weighted by molar-refractivity contribution is -0.0150. The molecule has 1 saturated heterocycles. The first-order chi connectivity index (χ1) is 16.0. The van der Waals surface area contributed by atoms with Crippen LogP contribution in [0.3, 0.4) is 0 Å². The molecule has 6 heteroatoms. The smallest absolute Gasteiger partial charge is 0.125 e. The molecular weight excluding hydrogens is 421 g/mol. The molecular formula is C27H40FNO4. The van der Waals surface area contributed by atoms with Gasteiger partial charge in [0.25, 0.3) is 0 Å². The Kier molecular flexibility index (Phi) is 11.1. The summed E-state index contributed by atoms with van der Waals surface area (Å²) >= 11 is 0. The zero-order valence-corrected chi connectivity index (χ0v) is 20.6. The number of aliphatic hydroxyl groups is 2. The fourth-order valence-electron chi connectivity index (χ4n) is 4.35. The molecule has 0 saturated carbocycles. The number of fused-ring (bicyclic) bond motifs is 1. The molecule has 2 aromatic rings. The molecule has 33 heavy (non-hydrogen) atoms. The van der Waals surface area contributed by atoms with Gasteiger partial charge in [0.2, 0.25) is 0 Å². The largest absolute Gasteiger partial charge is 0.490 e. The van der Waals surface area contributed by atoms with Crippen molar-refractivity contribution in [1.29, 1.82) is 0 Å². The van der Waals surface area contributed by atoms with Gasteiger partial charge >= 0.3 is 0 Å². The van der Waals surface area contributed by atoms with Crippen LogP contribution in [0.2, 0.25) is 0 Å². The summed E-state index contributed by atoms with van der Waals surface area (Å²) < 4.78 is 25.2. The second kappa shape index (κ2) is 13.5. The van der Waals surface area contributed by atoms with Crippen molar-refractivity contribution in [1.82, 2.24) is 0 Å². The predicted molar refractivity (Wildman–Crippen MR) is 132 cm³/mol. The Balaban J connectivity index is 0.000000914. The zero-order chi connectivity index (χ0) is 24.4. The van der Waals surface area contributed by atoms with Gasteiger partial charge in [0.05, 0.1) is 6.10 Å². The molecule has 5 nitrogen and oxygen atoms in total. The second-order valence-corrected chi connectivity index (χ2v) is 8.56. The normalized spacial score (nSPS) is 19.9. The van der Waals surface area contributed by atoms with Gasteiger partial charge in [-0.1, -0.05) is 27.7 Å². The van der Waals surface area contributed by atoms with E-state index < -0.39 is 6.10 Å². The number of aliphatic hydroxyl groups excluding tert-OH is 2. The van der Waals surface area contributed by atoms with Crippen LogP contribution in [0.25, 0.3) is 0 Å². The Bertz CT molecular complexity index is 821. The third-order valence-electron chi connectivity index (χ3n) is 5.88.